The number of hydrogen-bond donors (Lipinski definition) is 0. The second-order valence-corrected chi connectivity index (χ2v) is 17.0. The third-order valence-corrected chi connectivity index (χ3v) is 10.7. The van der Waals surface area contributed by atoms with Gasteiger partial charge in [-0.3, -0.25) is 14.4 Å². The molecule has 0 aliphatic carbocycles. The molecule has 0 aromatic rings. The van der Waals surface area contributed by atoms with Crippen LogP contribution >= 0.6 is 0 Å². The Labute approximate surface area is 400 Å². The Morgan fingerprint density at radius 3 is 1.06 bits per heavy atom. The second-order valence-electron chi connectivity index (χ2n) is 17.0. The number of ether oxygens (including phenoxy) is 3. The topological polar surface area (TPSA) is 78.9 Å². The molecule has 0 N–H and O–H groups in total. The molecular formula is C59H96O6. The molecule has 0 radical (unpaired) electrons. The molecule has 0 aromatic heterocycles. The highest BCUT2D eigenvalue weighted by molar-refractivity contribution is 5.71. The van der Waals surface area contributed by atoms with E-state index in [1.807, 2.05) is 0 Å². The van der Waals surface area contributed by atoms with Gasteiger partial charge < -0.3 is 14.2 Å². The van der Waals surface area contributed by atoms with Gasteiger partial charge in [-0.1, -0.05) is 194 Å². The van der Waals surface area contributed by atoms with Gasteiger partial charge in [0.25, 0.3) is 0 Å². The molecular weight excluding hydrogens is 805 g/mol. The van der Waals surface area contributed by atoms with Crippen LogP contribution in [-0.4, -0.2) is 37.2 Å². The highest BCUT2D eigenvalue weighted by atomic mass is 16.6. The van der Waals surface area contributed by atoms with Crippen LogP contribution in [0.5, 0.6) is 0 Å². The Morgan fingerprint density at radius 2 is 0.615 bits per heavy atom. The maximum atomic E-state index is 12.8. The molecule has 0 aliphatic rings. The molecule has 0 fully saturated rings. The molecule has 65 heavy (non-hydrogen) atoms. The van der Waals surface area contributed by atoms with Gasteiger partial charge in [0, 0.05) is 19.3 Å². The highest BCUT2D eigenvalue weighted by Gasteiger charge is 2.19. The normalized spacial score (nSPS) is 13.0. The van der Waals surface area contributed by atoms with Crippen molar-refractivity contribution in [2.24, 2.45) is 0 Å². The van der Waals surface area contributed by atoms with Crippen molar-refractivity contribution in [3.63, 3.8) is 0 Å². The van der Waals surface area contributed by atoms with Gasteiger partial charge >= 0.3 is 17.9 Å². The first-order valence-corrected chi connectivity index (χ1v) is 26.4. The standard InChI is InChI=1S/C59H96O6/c1-4-7-10-13-16-19-22-25-28-29-32-34-37-40-43-46-49-52-58(61)64-55-56(65-59(62)53-50-47-44-41-38-35-31-27-24-21-18-15-12-9-6-3)54-63-57(60)51-48-45-42-39-36-33-30-26-23-20-17-14-11-8-5-2/h8,11,17-18,20-21,25-28,30-32,34,38,40-41,43,56H,4-7,9-10,12-16,19,22-24,29,33,35-37,39,42,44-55H2,1-3H3/b11-8-,20-17-,21-18-,28-25-,30-26-,31-27-,34-32-,41-38-,43-40-/t56-/m1/s1. The van der Waals surface area contributed by atoms with Crippen molar-refractivity contribution < 1.29 is 28.6 Å². The minimum atomic E-state index is -0.827. The summed E-state index contributed by atoms with van der Waals surface area (Å²) in [4.78, 5) is 38.0. The van der Waals surface area contributed by atoms with Crippen LogP contribution in [0.1, 0.15) is 226 Å². The van der Waals surface area contributed by atoms with Gasteiger partial charge in [0.15, 0.2) is 6.10 Å². The fourth-order valence-corrected chi connectivity index (χ4v) is 6.77. The summed E-state index contributed by atoms with van der Waals surface area (Å²) in [5, 5.41) is 0. The van der Waals surface area contributed by atoms with E-state index in [1.54, 1.807) is 0 Å². The minimum absolute atomic E-state index is 0.120. The molecule has 0 unspecified atom stereocenters. The fourth-order valence-electron chi connectivity index (χ4n) is 6.77. The quantitative estimate of drug-likeness (QED) is 0.0262. The van der Waals surface area contributed by atoms with E-state index in [9.17, 15) is 14.4 Å². The van der Waals surface area contributed by atoms with Crippen LogP contribution in [0.4, 0.5) is 0 Å². The van der Waals surface area contributed by atoms with E-state index in [2.05, 4.69) is 130 Å². The van der Waals surface area contributed by atoms with Crippen LogP contribution in [0, 0.1) is 0 Å². The van der Waals surface area contributed by atoms with Crippen molar-refractivity contribution in [1.82, 2.24) is 0 Å². The summed E-state index contributed by atoms with van der Waals surface area (Å²) in [6.07, 6.45) is 70.8. The van der Waals surface area contributed by atoms with E-state index in [0.717, 1.165) is 103 Å². The predicted octanol–water partition coefficient (Wildman–Crippen LogP) is 17.5. The van der Waals surface area contributed by atoms with Crippen molar-refractivity contribution in [3.05, 3.63) is 109 Å². The summed E-state index contributed by atoms with van der Waals surface area (Å²) in [6, 6.07) is 0. The Hall–Kier alpha value is -3.93. The average Bonchev–Trinajstić information content (AvgIpc) is 3.30. The van der Waals surface area contributed by atoms with Gasteiger partial charge in [-0.15, -0.1) is 0 Å². The Balaban J connectivity index is 4.57. The molecule has 0 saturated heterocycles. The first kappa shape index (κ1) is 61.1. The number of carbonyl (C=O) groups is 3. The van der Waals surface area contributed by atoms with E-state index < -0.39 is 6.10 Å². The van der Waals surface area contributed by atoms with Crippen molar-refractivity contribution in [2.45, 2.75) is 232 Å². The van der Waals surface area contributed by atoms with Gasteiger partial charge in [0.05, 0.1) is 0 Å². The maximum Gasteiger partial charge on any atom is 0.306 e. The Morgan fingerprint density at radius 1 is 0.323 bits per heavy atom. The lowest BCUT2D eigenvalue weighted by Gasteiger charge is -2.18. The van der Waals surface area contributed by atoms with Crippen LogP contribution in [0.25, 0.3) is 0 Å². The zero-order valence-electron chi connectivity index (χ0n) is 42.0. The molecule has 1 atom stereocenters. The summed E-state index contributed by atoms with van der Waals surface area (Å²) in [6.45, 7) is 6.39. The first-order chi connectivity index (χ1) is 32.0. The largest absolute Gasteiger partial charge is 0.462 e. The van der Waals surface area contributed by atoms with Gasteiger partial charge in [-0.25, -0.2) is 0 Å². The number of hydrogen-bond acceptors (Lipinski definition) is 6. The zero-order valence-corrected chi connectivity index (χ0v) is 42.0. The lowest BCUT2D eigenvalue weighted by molar-refractivity contribution is -0.167. The second kappa shape index (κ2) is 52.7. The third kappa shape index (κ3) is 50.9. The molecule has 0 rings (SSSR count). The number of esters is 3. The number of rotatable bonds is 46. The average molecular weight is 901 g/mol. The van der Waals surface area contributed by atoms with Gasteiger partial charge in [-0.05, 0) is 122 Å². The van der Waals surface area contributed by atoms with E-state index in [0.29, 0.717) is 19.3 Å². The first-order valence-electron chi connectivity index (χ1n) is 26.4. The zero-order chi connectivity index (χ0) is 47.2. The summed E-state index contributed by atoms with van der Waals surface area (Å²) in [7, 11) is 0. The van der Waals surface area contributed by atoms with Crippen LogP contribution in [0.2, 0.25) is 0 Å². The number of carbonyl (C=O) groups excluding carboxylic acids is 3. The van der Waals surface area contributed by atoms with E-state index in [-0.39, 0.29) is 44.0 Å². The lowest BCUT2D eigenvalue weighted by atomic mass is 10.1. The molecule has 0 heterocycles. The SMILES string of the molecule is CC/C=C\C/C=C\C/C=C\CCCCCCCC(=O)OC[C@H](COC(=O)CCC/C=C\C/C=C\C/C=C\CCCCCCCC)OC(=O)CCCC/C=C\C/C=C\C/C=C\CCCCC. The van der Waals surface area contributed by atoms with E-state index in [4.69, 9.17) is 14.2 Å². The van der Waals surface area contributed by atoms with E-state index in [1.165, 1.54) is 70.6 Å². The third-order valence-electron chi connectivity index (χ3n) is 10.7. The monoisotopic (exact) mass is 901 g/mol. The molecule has 0 aromatic carbocycles. The molecule has 0 aliphatic heterocycles. The number of allylic oxidation sites excluding steroid dienone is 18. The lowest BCUT2D eigenvalue weighted by Crippen LogP contribution is -2.30. The van der Waals surface area contributed by atoms with Crippen molar-refractivity contribution in [1.29, 1.82) is 0 Å². The van der Waals surface area contributed by atoms with Crippen molar-refractivity contribution >= 4 is 17.9 Å². The Kier molecular flexibility index (Phi) is 49.5. The predicted molar refractivity (Wildman–Crippen MR) is 279 cm³/mol. The molecule has 0 amide bonds. The number of unbranched alkanes of at least 4 members (excludes halogenated alkanes) is 17. The van der Waals surface area contributed by atoms with Crippen LogP contribution < -0.4 is 0 Å². The summed E-state index contributed by atoms with van der Waals surface area (Å²) >= 11 is 0. The molecule has 0 spiro atoms. The van der Waals surface area contributed by atoms with Crippen LogP contribution in [0.3, 0.4) is 0 Å². The molecule has 368 valence electrons. The molecule has 0 bridgehead atoms. The molecule has 6 heteroatoms. The van der Waals surface area contributed by atoms with Crippen molar-refractivity contribution in [2.75, 3.05) is 13.2 Å². The highest BCUT2D eigenvalue weighted by Crippen LogP contribution is 2.12. The van der Waals surface area contributed by atoms with Gasteiger partial charge in [0.1, 0.15) is 13.2 Å². The van der Waals surface area contributed by atoms with Crippen molar-refractivity contribution in [3.8, 4) is 0 Å². The molecule has 6 nitrogen and oxygen atoms in total. The van der Waals surface area contributed by atoms with E-state index >= 15 is 0 Å². The van der Waals surface area contributed by atoms with Crippen LogP contribution in [0.15, 0.2) is 109 Å². The maximum absolute atomic E-state index is 12.8. The summed E-state index contributed by atoms with van der Waals surface area (Å²) < 4.78 is 16.7. The van der Waals surface area contributed by atoms with Gasteiger partial charge in [-0.2, -0.15) is 0 Å². The molecule has 0 saturated carbocycles. The summed E-state index contributed by atoms with van der Waals surface area (Å²) in [5.41, 5.74) is 0. The Bertz CT molecular complexity index is 1360. The smallest absolute Gasteiger partial charge is 0.306 e. The van der Waals surface area contributed by atoms with Gasteiger partial charge in [0.2, 0.25) is 0 Å². The van der Waals surface area contributed by atoms with Crippen LogP contribution in [-0.2, 0) is 28.6 Å². The fraction of sp³-hybridized carbons (Fsp3) is 0.644. The summed E-state index contributed by atoms with van der Waals surface area (Å²) in [5.74, 6) is -1.03. The minimum Gasteiger partial charge on any atom is -0.462 e.